The van der Waals surface area contributed by atoms with Crippen LogP contribution < -0.4 is 0 Å². The zero-order chi connectivity index (χ0) is 18.8. The number of rotatable bonds is 4. The maximum absolute atomic E-state index is 13.9. The number of hydrogen-bond donors (Lipinski definition) is 0. The lowest BCUT2D eigenvalue weighted by molar-refractivity contribution is 0.103. The standard InChI is InChI=1S/C21H13ClFN3O/c22-18-8-4-5-9-20(18)26-13-19(24-25-26)16-11-10-15(23)12-17(16)21(27)14-6-2-1-3-7-14/h1-13H. The number of benzene rings is 3. The summed E-state index contributed by atoms with van der Waals surface area (Å²) in [4.78, 5) is 12.9. The van der Waals surface area contributed by atoms with Gasteiger partial charge in [0, 0.05) is 16.7 Å². The average molecular weight is 378 g/mol. The molecule has 0 unspecified atom stereocenters. The van der Waals surface area contributed by atoms with Gasteiger partial charge >= 0.3 is 0 Å². The molecule has 132 valence electrons. The van der Waals surface area contributed by atoms with Crippen molar-refractivity contribution in [2.24, 2.45) is 0 Å². The van der Waals surface area contributed by atoms with Crippen LogP contribution in [0.4, 0.5) is 4.39 Å². The van der Waals surface area contributed by atoms with Gasteiger partial charge in [-0.05, 0) is 30.3 Å². The molecule has 0 atom stereocenters. The minimum atomic E-state index is -0.489. The van der Waals surface area contributed by atoms with Crippen LogP contribution in [0.5, 0.6) is 0 Å². The summed E-state index contributed by atoms with van der Waals surface area (Å²) in [5.41, 5.74) is 2.32. The van der Waals surface area contributed by atoms with E-state index in [2.05, 4.69) is 10.3 Å². The molecule has 0 aliphatic carbocycles. The van der Waals surface area contributed by atoms with E-state index in [0.29, 0.717) is 27.5 Å². The Balaban J connectivity index is 1.80. The normalized spacial score (nSPS) is 10.7. The first-order valence-electron chi connectivity index (χ1n) is 8.20. The van der Waals surface area contributed by atoms with Crippen molar-refractivity contribution in [1.29, 1.82) is 0 Å². The maximum atomic E-state index is 13.9. The van der Waals surface area contributed by atoms with Crippen LogP contribution in [-0.4, -0.2) is 20.8 Å². The molecule has 6 heteroatoms. The quantitative estimate of drug-likeness (QED) is 0.472. The molecule has 4 rings (SSSR count). The van der Waals surface area contributed by atoms with Gasteiger partial charge in [0.15, 0.2) is 5.78 Å². The fourth-order valence-corrected chi connectivity index (χ4v) is 3.04. The summed E-state index contributed by atoms with van der Waals surface area (Å²) >= 11 is 6.20. The van der Waals surface area contributed by atoms with Gasteiger partial charge in [0.2, 0.25) is 0 Å². The highest BCUT2D eigenvalue weighted by atomic mass is 35.5. The van der Waals surface area contributed by atoms with Crippen LogP contribution in [0.2, 0.25) is 5.02 Å². The molecule has 0 amide bonds. The van der Waals surface area contributed by atoms with Crippen molar-refractivity contribution < 1.29 is 9.18 Å². The molecule has 3 aromatic carbocycles. The molecule has 1 aromatic heterocycles. The predicted octanol–water partition coefficient (Wildman–Crippen LogP) is 4.96. The van der Waals surface area contributed by atoms with E-state index in [0.717, 1.165) is 0 Å². The second kappa shape index (κ2) is 7.13. The van der Waals surface area contributed by atoms with E-state index in [1.54, 1.807) is 36.5 Å². The monoisotopic (exact) mass is 377 g/mol. The number of aromatic nitrogens is 3. The summed E-state index contributed by atoms with van der Waals surface area (Å²) in [7, 11) is 0. The smallest absolute Gasteiger partial charge is 0.193 e. The van der Waals surface area contributed by atoms with E-state index in [1.807, 2.05) is 24.3 Å². The minimum Gasteiger partial charge on any atom is -0.289 e. The van der Waals surface area contributed by atoms with Gasteiger partial charge in [0.1, 0.15) is 11.5 Å². The highest BCUT2D eigenvalue weighted by Gasteiger charge is 2.18. The maximum Gasteiger partial charge on any atom is 0.193 e. The molecule has 0 bridgehead atoms. The van der Waals surface area contributed by atoms with E-state index in [1.165, 1.54) is 22.9 Å². The first-order chi connectivity index (χ1) is 13.1. The molecule has 4 nitrogen and oxygen atoms in total. The molecule has 0 fully saturated rings. The van der Waals surface area contributed by atoms with Crippen LogP contribution in [0, 0.1) is 5.82 Å². The molecule has 0 saturated heterocycles. The average Bonchev–Trinajstić information content (AvgIpc) is 3.18. The number of carbonyl (C=O) groups excluding carboxylic acids is 1. The predicted molar refractivity (Wildman–Crippen MR) is 102 cm³/mol. The number of carbonyl (C=O) groups is 1. The van der Waals surface area contributed by atoms with Gasteiger partial charge in [0.25, 0.3) is 0 Å². The third-order valence-electron chi connectivity index (χ3n) is 4.13. The zero-order valence-corrected chi connectivity index (χ0v) is 14.8. The van der Waals surface area contributed by atoms with Crippen molar-refractivity contribution in [3.05, 3.63) is 101 Å². The van der Waals surface area contributed by atoms with Gasteiger partial charge < -0.3 is 0 Å². The second-order valence-corrected chi connectivity index (χ2v) is 6.29. The van der Waals surface area contributed by atoms with Crippen molar-refractivity contribution in [2.45, 2.75) is 0 Å². The molecule has 1 heterocycles. The molecule has 0 spiro atoms. The van der Waals surface area contributed by atoms with E-state index in [-0.39, 0.29) is 11.3 Å². The molecule has 0 saturated carbocycles. The SMILES string of the molecule is O=C(c1ccccc1)c1cc(F)ccc1-c1cn(-c2ccccc2Cl)nn1. The highest BCUT2D eigenvalue weighted by molar-refractivity contribution is 6.32. The zero-order valence-electron chi connectivity index (χ0n) is 14.0. The third kappa shape index (κ3) is 3.37. The summed E-state index contributed by atoms with van der Waals surface area (Å²) in [5, 5.41) is 8.77. The first kappa shape index (κ1) is 17.1. The van der Waals surface area contributed by atoms with Crippen LogP contribution in [0.25, 0.3) is 16.9 Å². The minimum absolute atomic E-state index is 0.229. The van der Waals surface area contributed by atoms with E-state index >= 15 is 0 Å². The second-order valence-electron chi connectivity index (χ2n) is 5.88. The van der Waals surface area contributed by atoms with Crippen LogP contribution in [0.15, 0.2) is 79.0 Å². The van der Waals surface area contributed by atoms with Crippen molar-refractivity contribution in [3.63, 3.8) is 0 Å². The fourth-order valence-electron chi connectivity index (χ4n) is 2.82. The Morgan fingerprint density at radius 3 is 2.48 bits per heavy atom. The summed E-state index contributed by atoms with van der Waals surface area (Å²) < 4.78 is 15.4. The van der Waals surface area contributed by atoms with Crippen LogP contribution in [0.1, 0.15) is 15.9 Å². The van der Waals surface area contributed by atoms with Crippen molar-refractivity contribution in [1.82, 2.24) is 15.0 Å². The number of ketones is 1. The summed E-state index contributed by atoms with van der Waals surface area (Å²) in [6.07, 6.45) is 1.66. The van der Waals surface area contributed by atoms with Crippen molar-refractivity contribution in [3.8, 4) is 16.9 Å². The molecule has 0 aliphatic rings. The van der Waals surface area contributed by atoms with E-state index in [4.69, 9.17) is 11.6 Å². The molecule has 4 aromatic rings. The molecule has 0 N–H and O–H groups in total. The lowest BCUT2D eigenvalue weighted by Crippen LogP contribution is -2.04. The topological polar surface area (TPSA) is 47.8 Å². The first-order valence-corrected chi connectivity index (χ1v) is 8.58. The third-order valence-corrected chi connectivity index (χ3v) is 4.45. The molecular formula is C21H13ClFN3O. The van der Waals surface area contributed by atoms with Crippen LogP contribution in [-0.2, 0) is 0 Å². The van der Waals surface area contributed by atoms with Crippen molar-refractivity contribution in [2.75, 3.05) is 0 Å². The van der Waals surface area contributed by atoms with Gasteiger partial charge in [-0.3, -0.25) is 4.79 Å². The Kier molecular flexibility index (Phi) is 4.52. The van der Waals surface area contributed by atoms with Gasteiger partial charge in [-0.1, -0.05) is 59.3 Å². The van der Waals surface area contributed by atoms with Gasteiger partial charge in [-0.2, -0.15) is 0 Å². The van der Waals surface area contributed by atoms with E-state index < -0.39 is 5.82 Å². The Morgan fingerprint density at radius 1 is 0.963 bits per heavy atom. The van der Waals surface area contributed by atoms with Gasteiger partial charge in [-0.25, -0.2) is 9.07 Å². The summed E-state index contributed by atoms with van der Waals surface area (Å²) in [6.45, 7) is 0. The lowest BCUT2D eigenvalue weighted by Gasteiger charge is -2.07. The number of nitrogens with zero attached hydrogens (tertiary/aromatic N) is 3. The molecule has 0 aliphatic heterocycles. The largest absolute Gasteiger partial charge is 0.289 e. The van der Waals surface area contributed by atoms with E-state index in [9.17, 15) is 9.18 Å². The molecular weight excluding hydrogens is 365 g/mol. The molecule has 27 heavy (non-hydrogen) atoms. The molecule has 0 radical (unpaired) electrons. The summed E-state index contributed by atoms with van der Waals surface area (Å²) in [5.74, 6) is -0.770. The van der Waals surface area contributed by atoms with Crippen LogP contribution in [0.3, 0.4) is 0 Å². The Bertz CT molecular complexity index is 1130. The lowest BCUT2D eigenvalue weighted by atomic mass is 9.97. The Morgan fingerprint density at radius 2 is 1.70 bits per heavy atom. The Hall–Kier alpha value is -3.31. The number of para-hydroxylation sites is 1. The van der Waals surface area contributed by atoms with Gasteiger partial charge in [0.05, 0.1) is 16.9 Å². The number of halogens is 2. The highest BCUT2D eigenvalue weighted by Crippen LogP contribution is 2.27. The van der Waals surface area contributed by atoms with Crippen LogP contribution >= 0.6 is 11.6 Å². The Labute approximate surface area is 159 Å². The summed E-state index contributed by atoms with van der Waals surface area (Å²) in [6, 6.07) is 20.0. The number of hydrogen-bond acceptors (Lipinski definition) is 3. The van der Waals surface area contributed by atoms with Gasteiger partial charge in [-0.15, -0.1) is 5.10 Å². The van der Waals surface area contributed by atoms with Crippen molar-refractivity contribution >= 4 is 17.4 Å². The fraction of sp³-hybridized carbons (Fsp3) is 0.